The van der Waals surface area contributed by atoms with Crippen LogP contribution in [0.1, 0.15) is 42.6 Å². The van der Waals surface area contributed by atoms with E-state index in [1.165, 1.54) is 6.07 Å². The van der Waals surface area contributed by atoms with Gasteiger partial charge in [0, 0.05) is 17.1 Å². The van der Waals surface area contributed by atoms with Gasteiger partial charge < -0.3 is 4.90 Å². The van der Waals surface area contributed by atoms with Crippen molar-refractivity contribution < 1.29 is 18.0 Å². The SMILES string of the molecule is CC(C)C1CCCN1C(=O)c1cc(C(F)(F)F)ccc1Br. The molecule has 0 aromatic heterocycles. The minimum Gasteiger partial charge on any atom is -0.335 e. The third-order valence-corrected chi connectivity index (χ3v) is 4.55. The number of carbonyl (C=O) groups is 1. The molecule has 0 spiro atoms. The van der Waals surface area contributed by atoms with Gasteiger partial charge in [0.2, 0.25) is 0 Å². The lowest BCUT2D eigenvalue weighted by atomic mass is 10.0. The van der Waals surface area contributed by atoms with Crippen molar-refractivity contribution in [1.29, 1.82) is 0 Å². The molecule has 1 amide bonds. The highest BCUT2D eigenvalue weighted by molar-refractivity contribution is 9.10. The summed E-state index contributed by atoms with van der Waals surface area (Å²) in [6.07, 6.45) is -2.65. The van der Waals surface area contributed by atoms with Crippen LogP contribution in [-0.2, 0) is 6.18 Å². The number of likely N-dealkylation sites (tertiary alicyclic amines) is 1. The van der Waals surface area contributed by atoms with Gasteiger partial charge in [-0.05, 0) is 52.9 Å². The molecule has 0 radical (unpaired) electrons. The predicted molar refractivity (Wildman–Crippen MR) is 78.0 cm³/mol. The second-order valence-corrected chi connectivity index (χ2v) is 6.50. The van der Waals surface area contributed by atoms with Crippen molar-refractivity contribution in [2.45, 2.75) is 38.9 Å². The Morgan fingerprint density at radius 1 is 1.38 bits per heavy atom. The zero-order valence-corrected chi connectivity index (χ0v) is 13.5. The zero-order valence-electron chi connectivity index (χ0n) is 11.9. The summed E-state index contributed by atoms with van der Waals surface area (Å²) in [5.74, 6) is -0.0369. The number of nitrogens with zero attached hydrogens (tertiary/aromatic N) is 1. The summed E-state index contributed by atoms with van der Waals surface area (Å²) in [6.45, 7) is 4.65. The molecule has 116 valence electrons. The van der Waals surface area contributed by atoms with Crippen LogP contribution in [0.5, 0.6) is 0 Å². The van der Waals surface area contributed by atoms with Crippen molar-refractivity contribution in [3.8, 4) is 0 Å². The lowest BCUT2D eigenvalue weighted by molar-refractivity contribution is -0.137. The van der Waals surface area contributed by atoms with Gasteiger partial charge in [-0.25, -0.2) is 0 Å². The first-order chi connectivity index (χ1) is 9.71. The average Bonchev–Trinajstić information content (AvgIpc) is 2.86. The van der Waals surface area contributed by atoms with Crippen LogP contribution in [0.25, 0.3) is 0 Å². The van der Waals surface area contributed by atoms with Gasteiger partial charge >= 0.3 is 6.18 Å². The van der Waals surface area contributed by atoms with Crippen LogP contribution in [0.2, 0.25) is 0 Å². The fourth-order valence-electron chi connectivity index (χ4n) is 2.76. The van der Waals surface area contributed by atoms with E-state index in [9.17, 15) is 18.0 Å². The molecule has 1 aromatic carbocycles. The second kappa shape index (κ2) is 5.99. The van der Waals surface area contributed by atoms with Gasteiger partial charge in [0.15, 0.2) is 0 Å². The molecule has 1 fully saturated rings. The number of hydrogen-bond acceptors (Lipinski definition) is 1. The van der Waals surface area contributed by atoms with Gasteiger partial charge in [-0.2, -0.15) is 13.2 Å². The van der Waals surface area contributed by atoms with E-state index in [4.69, 9.17) is 0 Å². The highest BCUT2D eigenvalue weighted by Crippen LogP contribution is 2.33. The van der Waals surface area contributed by atoms with E-state index in [-0.39, 0.29) is 17.5 Å². The summed E-state index contributed by atoms with van der Waals surface area (Å²) in [4.78, 5) is 14.3. The van der Waals surface area contributed by atoms with Crippen molar-refractivity contribution in [2.75, 3.05) is 6.54 Å². The van der Waals surface area contributed by atoms with Crippen LogP contribution >= 0.6 is 15.9 Å². The van der Waals surface area contributed by atoms with E-state index in [0.717, 1.165) is 25.0 Å². The van der Waals surface area contributed by atoms with Crippen molar-refractivity contribution in [2.24, 2.45) is 5.92 Å². The second-order valence-electron chi connectivity index (χ2n) is 5.64. The predicted octanol–water partition coefficient (Wildman–Crippen LogP) is 4.73. The lowest BCUT2D eigenvalue weighted by Gasteiger charge is -2.28. The minimum atomic E-state index is -4.45. The lowest BCUT2D eigenvalue weighted by Crippen LogP contribution is -2.38. The quantitative estimate of drug-likeness (QED) is 0.743. The van der Waals surface area contributed by atoms with E-state index >= 15 is 0 Å². The fraction of sp³-hybridized carbons (Fsp3) is 0.533. The Labute approximate surface area is 130 Å². The van der Waals surface area contributed by atoms with Gasteiger partial charge in [-0.3, -0.25) is 4.79 Å². The van der Waals surface area contributed by atoms with E-state index in [1.54, 1.807) is 4.90 Å². The Morgan fingerprint density at radius 3 is 2.62 bits per heavy atom. The summed E-state index contributed by atoms with van der Waals surface area (Å²) < 4.78 is 38.8. The average molecular weight is 364 g/mol. The molecule has 1 saturated heterocycles. The first kappa shape index (κ1) is 16.3. The molecule has 6 heteroatoms. The Kier molecular flexibility index (Phi) is 4.66. The molecule has 1 unspecified atom stereocenters. The molecule has 1 aromatic rings. The van der Waals surface area contributed by atoms with Gasteiger partial charge in [-0.15, -0.1) is 0 Å². The summed E-state index contributed by atoms with van der Waals surface area (Å²) in [6, 6.07) is 3.29. The highest BCUT2D eigenvalue weighted by atomic mass is 79.9. The fourth-order valence-corrected chi connectivity index (χ4v) is 3.17. The van der Waals surface area contributed by atoms with Gasteiger partial charge in [0.1, 0.15) is 0 Å². The zero-order chi connectivity index (χ0) is 15.8. The minimum absolute atomic E-state index is 0.0809. The molecule has 0 N–H and O–H groups in total. The van der Waals surface area contributed by atoms with Crippen molar-refractivity contribution in [3.63, 3.8) is 0 Å². The van der Waals surface area contributed by atoms with Crippen LogP contribution < -0.4 is 0 Å². The molecule has 2 rings (SSSR count). The molecule has 1 heterocycles. The van der Waals surface area contributed by atoms with E-state index in [0.29, 0.717) is 16.9 Å². The van der Waals surface area contributed by atoms with Crippen LogP contribution in [0, 0.1) is 5.92 Å². The van der Waals surface area contributed by atoms with Crippen LogP contribution in [0.4, 0.5) is 13.2 Å². The third-order valence-electron chi connectivity index (χ3n) is 3.85. The van der Waals surface area contributed by atoms with Crippen molar-refractivity contribution >= 4 is 21.8 Å². The first-order valence-electron chi connectivity index (χ1n) is 6.89. The molecule has 0 saturated carbocycles. The van der Waals surface area contributed by atoms with Crippen molar-refractivity contribution in [1.82, 2.24) is 4.90 Å². The Balaban J connectivity index is 2.35. The molecule has 1 atom stereocenters. The maximum absolute atomic E-state index is 12.8. The normalized spacial score (nSPS) is 19.4. The smallest absolute Gasteiger partial charge is 0.335 e. The monoisotopic (exact) mass is 363 g/mol. The molecule has 1 aliphatic heterocycles. The molecule has 1 aliphatic rings. The number of halogens is 4. The number of hydrogen-bond donors (Lipinski definition) is 0. The van der Waals surface area contributed by atoms with Gasteiger partial charge in [0.25, 0.3) is 5.91 Å². The summed E-state index contributed by atoms with van der Waals surface area (Å²) in [5, 5.41) is 0. The molecule has 2 nitrogen and oxygen atoms in total. The van der Waals surface area contributed by atoms with Crippen molar-refractivity contribution in [3.05, 3.63) is 33.8 Å². The summed E-state index contributed by atoms with van der Waals surface area (Å²) >= 11 is 3.19. The molecule has 0 aliphatic carbocycles. The van der Waals surface area contributed by atoms with Crippen LogP contribution in [0.3, 0.4) is 0 Å². The Bertz CT molecular complexity index is 542. The number of carbonyl (C=O) groups excluding carboxylic acids is 1. The maximum Gasteiger partial charge on any atom is 0.416 e. The number of amides is 1. The maximum atomic E-state index is 12.8. The standard InChI is InChI=1S/C15H17BrF3NO/c1-9(2)13-4-3-7-20(13)14(21)11-8-10(15(17,18)19)5-6-12(11)16/h5-6,8-9,13H,3-4,7H2,1-2H3. The number of benzene rings is 1. The third kappa shape index (κ3) is 3.42. The Morgan fingerprint density at radius 2 is 2.05 bits per heavy atom. The molecular weight excluding hydrogens is 347 g/mol. The summed E-state index contributed by atoms with van der Waals surface area (Å²) in [7, 11) is 0. The van der Waals surface area contributed by atoms with E-state index in [2.05, 4.69) is 15.9 Å². The topological polar surface area (TPSA) is 20.3 Å². The van der Waals surface area contributed by atoms with Gasteiger partial charge in [0.05, 0.1) is 11.1 Å². The van der Waals surface area contributed by atoms with E-state index in [1.807, 2.05) is 13.8 Å². The van der Waals surface area contributed by atoms with Crippen LogP contribution in [0.15, 0.2) is 22.7 Å². The molecule has 21 heavy (non-hydrogen) atoms. The number of alkyl halides is 3. The molecule has 0 bridgehead atoms. The van der Waals surface area contributed by atoms with Gasteiger partial charge in [-0.1, -0.05) is 13.8 Å². The number of rotatable bonds is 2. The highest BCUT2D eigenvalue weighted by Gasteiger charge is 2.35. The molecular formula is C15H17BrF3NO. The largest absolute Gasteiger partial charge is 0.416 e. The summed E-state index contributed by atoms with van der Waals surface area (Å²) in [5.41, 5.74) is -0.716. The van der Waals surface area contributed by atoms with Crippen LogP contribution in [-0.4, -0.2) is 23.4 Å². The Hall–Kier alpha value is -1.04. The van der Waals surface area contributed by atoms with E-state index < -0.39 is 11.7 Å². The first-order valence-corrected chi connectivity index (χ1v) is 7.69.